The second kappa shape index (κ2) is 11.0. The molecule has 2 fully saturated rings. The number of benzene rings is 2. The van der Waals surface area contributed by atoms with E-state index in [4.69, 9.17) is 0 Å². The van der Waals surface area contributed by atoms with Crippen molar-refractivity contribution in [2.45, 2.75) is 50.0 Å². The molecule has 2 aliphatic heterocycles. The Kier molecular flexibility index (Phi) is 7.88. The minimum absolute atomic E-state index is 0.0842. The van der Waals surface area contributed by atoms with Crippen LogP contribution in [0, 0.1) is 0 Å². The summed E-state index contributed by atoms with van der Waals surface area (Å²) < 4.78 is 28.0. The van der Waals surface area contributed by atoms with Crippen molar-refractivity contribution in [1.82, 2.24) is 9.62 Å². The van der Waals surface area contributed by atoms with Gasteiger partial charge in [-0.2, -0.15) is 4.31 Å². The number of sulfonamides is 1. The molecule has 2 aliphatic rings. The molecule has 178 valence electrons. The topological polar surface area (TPSA) is 81.8 Å². The Labute approximate surface area is 197 Å². The average molecular weight is 471 g/mol. The lowest BCUT2D eigenvalue weighted by atomic mass is 10.1. The fourth-order valence-corrected chi connectivity index (χ4v) is 6.06. The second-order valence-corrected chi connectivity index (χ2v) is 10.7. The Morgan fingerprint density at radius 1 is 0.848 bits per heavy atom. The predicted octanol–water partition coefficient (Wildman–Crippen LogP) is 3.58. The van der Waals surface area contributed by atoms with Crippen LogP contribution in [-0.4, -0.2) is 51.4 Å². The van der Waals surface area contributed by atoms with Gasteiger partial charge in [0.25, 0.3) is 0 Å². The fourth-order valence-electron chi connectivity index (χ4n) is 4.52. The fraction of sp³-hybridized carbons (Fsp3) is 0.480. The maximum atomic E-state index is 13.2. The highest BCUT2D eigenvalue weighted by Crippen LogP contribution is 2.32. The molecular weight excluding hydrogens is 436 g/mol. The second-order valence-electron chi connectivity index (χ2n) is 8.81. The highest BCUT2D eigenvalue weighted by atomic mass is 32.2. The van der Waals surface area contributed by atoms with Crippen LogP contribution in [0.3, 0.4) is 0 Å². The van der Waals surface area contributed by atoms with Gasteiger partial charge in [-0.25, -0.2) is 8.42 Å². The molecule has 33 heavy (non-hydrogen) atoms. The van der Waals surface area contributed by atoms with Crippen LogP contribution < -0.4 is 15.5 Å². The zero-order chi connectivity index (χ0) is 23.1. The smallest absolute Gasteiger partial charge is 0.243 e. The van der Waals surface area contributed by atoms with E-state index in [1.807, 2.05) is 36.4 Å². The molecule has 0 bridgehead atoms. The lowest BCUT2D eigenvalue weighted by Gasteiger charge is -2.31. The van der Waals surface area contributed by atoms with Crippen molar-refractivity contribution in [3.05, 3.63) is 54.1 Å². The maximum absolute atomic E-state index is 13.2. The first-order valence-corrected chi connectivity index (χ1v) is 13.4. The standard InChI is InChI=1S/C25H34N4O3S/c30-25(27-19-21-10-4-1-5-11-21)20-26-23-18-22(33(31,32)29-16-8-3-9-17-29)12-13-24(23)28-14-6-2-7-15-28/h1,4-5,10-13,18,26H,2-3,6-9,14-17,19-20H2,(H,27,30). The van der Waals surface area contributed by atoms with E-state index in [0.717, 1.165) is 56.4 Å². The summed E-state index contributed by atoms with van der Waals surface area (Å²) in [5.74, 6) is -0.132. The van der Waals surface area contributed by atoms with E-state index in [0.29, 0.717) is 25.3 Å². The molecule has 0 radical (unpaired) electrons. The SMILES string of the molecule is O=C(CNc1cc(S(=O)(=O)N2CCCCC2)ccc1N1CCCCC1)NCc1ccccc1. The first-order valence-electron chi connectivity index (χ1n) is 12.0. The summed E-state index contributed by atoms with van der Waals surface area (Å²) >= 11 is 0. The van der Waals surface area contributed by atoms with Gasteiger partial charge in [-0.1, -0.05) is 36.8 Å². The van der Waals surface area contributed by atoms with Gasteiger partial charge in [0.1, 0.15) is 0 Å². The molecule has 2 heterocycles. The third-order valence-corrected chi connectivity index (χ3v) is 8.28. The Hall–Kier alpha value is -2.58. The van der Waals surface area contributed by atoms with Crippen LogP contribution in [0.1, 0.15) is 44.1 Å². The zero-order valence-electron chi connectivity index (χ0n) is 19.1. The van der Waals surface area contributed by atoms with E-state index in [9.17, 15) is 13.2 Å². The van der Waals surface area contributed by atoms with Gasteiger partial charge in [-0.3, -0.25) is 4.79 Å². The minimum Gasteiger partial charge on any atom is -0.374 e. The Morgan fingerprint density at radius 3 is 2.21 bits per heavy atom. The molecule has 4 rings (SSSR count). The van der Waals surface area contributed by atoms with Gasteiger partial charge in [0, 0.05) is 32.7 Å². The summed E-state index contributed by atoms with van der Waals surface area (Å²) in [4.78, 5) is 15.1. The van der Waals surface area contributed by atoms with Crippen molar-refractivity contribution in [3.8, 4) is 0 Å². The van der Waals surface area contributed by atoms with E-state index < -0.39 is 10.0 Å². The zero-order valence-corrected chi connectivity index (χ0v) is 19.9. The van der Waals surface area contributed by atoms with Crippen LogP contribution >= 0.6 is 0 Å². The molecule has 0 aromatic heterocycles. The Bertz CT molecular complexity index is 1030. The molecule has 0 spiro atoms. The monoisotopic (exact) mass is 470 g/mol. The molecule has 2 N–H and O–H groups in total. The van der Waals surface area contributed by atoms with Gasteiger partial charge in [0.2, 0.25) is 15.9 Å². The van der Waals surface area contributed by atoms with Crippen LogP contribution in [0.4, 0.5) is 11.4 Å². The highest BCUT2D eigenvalue weighted by molar-refractivity contribution is 7.89. The van der Waals surface area contributed by atoms with Gasteiger partial charge in [-0.15, -0.1) is 0 Å². The minimum atomic E-state index is -3.54. The quantitative estimate of drug-likeness (QED) is 0.616. The van der Waals surface area contributed by atoms with E-state index >= 15 is 0 Å². The third-order valence-electron chi connectivity index (χ3n) is 6.39. The summed E-state index contributed by atoms with van der Waals surface area (Å²) in [6.45, 7) is 3.56. The van der Waals surface area contributed by atoms with Crippen molar-refractivity contribution >= 4 is 27.3 Å². The van der Waals surface area contributed by atoms with Crippen LogP contribution in [0.2, 0.25) is 0 Å². The number of amides is 1. The van der Waals surface area contributed by atoms with Gasteiger partial charge >= 0.3 is 0 Å². The third kappa shape index (κ3) is 6.06. The van der Waals surface area contributed by atoms with Crippen molar-refractivity contribution in [1.29, 1.82) is 0 Å². The lowest BCUT2D eigenvalue weighted by molar-refractivity contribution is -0.119. The first-order chi connectivity index (χ1) is 16.0. The number of piperidine rings is 2. The molecule has 0 atom stereocenters. The molecule has 2 aromatic rings. The van der Waals surface area contributed by atoms with Gasteiger partial charge < -0.3 is 15.5 Å². The van der Waals surface area contributed by atoms with E-state index in [1.165, 1.54) is 6.42 Å². The van der Waals surface area contributed by atoms with Crippen molar-refractivity contribution in [2.24, 2.45) is 0 Å². The molecule has 0 aliphatic carbocycles. The summed E-state index contributed by atoms with van der Waals surface area (Å²) in [5.41, 5.74) is 2.70. The number of rotatable bonds is 8. The van der Waals surface area contributed by atoms with E-state index in [2.05, 4.69) is 15.5 Å². The first kappa shape index (κ1) is 23.6. The summed E-state index contributed by atoms with van der Waals surface area (Å²) in [5, 5.41) is 6.15. The van der Waals surface area contributed by atoms with Crippen LogP contribution in [0.5, 0.6) is 0 Å². The average Bonchev–Trinajstić information content (AvgIpc) is 2.87. The van der Waals surface area contributed by atoms with Crippen LogP contribution in [0.25, 0.3) is 0 Å². The van der Waals surface area contributed by atoms with Crippen molar-refractivity contribution < 1.29 is 13.2 Å². The Balaban J connectivity index is 1.50. The molecule has 8 heteroatoms. The highest BCUT2D eigenvalue weighted by Gasteiger charge is 2.27. The van der Waals surface area contributed by atoms with E-state index in [-0.39, 0.29) is 17.3 Å². The summed E-state index contributed by atoms with van der Waals surface area (Å²) in [7, 11) is -3.54. The number of anilines is 2. The van der Waals surface area contributed by atoms with Gasteiger partial charge in [0.05, 0.1) is 22.8 Å². The van der Waals surface area contributed by atoms with Crippen molar-refractivity contribution in [2.75, 3.05) is 42.9 Å². The Morgan fingerprint density at radius 2 is 1.52 bits per heavy atom. The van der Waals surface area contributed by atoms with Crippen molar-refractivity contribution in [3.63, 3.8) is 0 Å². The normalized spacial score (nSPS) is 17.5. The van der Waals surface area contributed by atoms with Gasteiger partial charge in [0.15, 0.2) is 0 Å². The molecule has 0 saturated carbocycles. The van der Waals surface area contributed by atoms with Gasteiger partial charge in [-0.05, 0) is 55.9 Å². The summed E-state index contributed by atoms with van der Waals surface area (Å²) in [6, 6.07) is 15.1. The van der Waals surface area contributed by atoms with Crippen LogP contribution in [-0.2, 0) is 21.4 Å². The molecule has 2 aromatic carbocycles. The molecule has 2 saturated heterocycles. The molecule has 7 nitrogen and oxygen atoms in total. The maximum Gasteiger partial charge on any atom is 0.243 e. The number of carbonyl (C=O) groups is 1. The summed E-state index contributed by atoms with van der Waals surface area (Å²) in [6.07, 6.45) is 6.32. The van der Waals surface area contributed by atoms with Crippen LogP contribution in [0.15, 0.2) is 53.4 Å². The molecule has 1 amide bonds. The number of carbonyl (C=O) groups excluding carboxylic acids is 1. The predicted molar refractivity (Wildman–Crippen MR) is 132 cm³/mol. The largest absolute Gasteiger partial charge is 0.374 e. The molecule has 0 unspecified atom stereocenters. The molecular formula is C25H34N4O3S. The van der Waals surface area contributed by atoms with E-state index in [1.54, 1.807) is 16.4 Å². The number of hydrogen-bond donors (Lipinski definition) is 2. The number of nitrogens with zero attached hydrogens (tertiary/aromatic N) is 2. The number of nitrogens with one attached hydrogen (secondary N) is 2. The number of hydrogen-bond acceptors (Lipinski definition) is 5. The lowest BCUT2D eigenvalue weighted by Crippen LogP contribution is -2.36.